The zero-order valence-corrected chi connectivity index (χ0v) is 16.5. The zero-order chi connectivity index (χ0) is 20.1. The molecule has 146 valence electrons. The van der Waals surface area contributed by atoms with E-state index in [0.29, 0.717) is 34.1 Å². The fourth-order valence-corrected chi connectivity index (χ4v) is 3.08. The molecule has 0 bridgehead atoms. The van der Waals surface area contributed by atoms with Crippen LogP contribution in [0.2, 0.25) is 0 Å². The van der Waals surface area contributed by atoms with Crippen molar-refractivity contribution in [3.63, 3.8) is 0 Å². The van der Waals surface area contributed by atoms with E-state index in [1.54, 1.807) is 50.6 Å². The molecule has 0 atom stereocenters. The maximum absolute atomic E-state index is 12.6. The molecule has 0 spiro atoms. The fourth-order valence-electron chi connectivity index (χ4n) is 2.44. The minimum atomic E-state index is -0.295. The third kappa shape index (κ3) is 4.04. The van der Waals surface area contributed by atoms with Crippen molar-refractivity contribution in [3.05, 3.63) is 42.0 Å². The molecular formula is C19H18N2O6S. The van der Waals surface area contributed by atoms with Crippen LogP contribution in [-0.2, 0) is 0 Å². The van der Waals surface area contributed by atoms with E-state index >= 15 is 0 Å². The molecule has 9 heteroatoms. The lowest BCUT2D eigenvalue weighted by Gasteiger charge is -2.08. The summed E-state index contributed by atoms with van der Waals surface area (Å²) in [7, 11) is 6.12. The number of hydrogen-bond donors (Lipinski definition) is 0. The lowest BCUT2D eigenvalue weighted by Crippen LogP contribution is -1.99. The normalized spacial score (nSPS) is 10.4. The zero-order valence-electron chi connectivity index (χ0n) is 15.7. The first-order chi connectivity index (χ1) is 13.6. The Balaban J connectivity index is 1.83. The number of benzene rings is 2. The minimum Gasteiger partial charge on any atom is -0.497 e. The highest BCUT2D eigenvalue weighted by Gasteiger charge is 2.20. The summed E-state index contributed by atoms with van der Waals surface area (Å²) in [5, 5.41) is 7.76. The summed E-state index contributed by atoms with van der Waals surface area (Å²) in [6, 6.07) is 10.1. The van der Waals surface area contributed by atoms with E-state index in [1.807, 2.05) is 0 Å². The van der Waals surface area contributed by atoms with E-state index < -0.39 is 0 Å². The Morgan fingerprint density at radius 1 is 0.857 bits per heavy atom. The molecule has 0 fully saturated rings. The lowest BCUT2D eigenvalue weighted by molar-refractivity contribution is 0.108. The van der Waals surface area contributed by atoms with Gasteiger partial charge in [0.15, 0.2) is 0 Å². The number of ether oxygens (including phenoxy) is 4. The van der Waals surface area contributed by atoms with Gasteiger partial charge in [-0.2, -0.15) is 0 Å². The highest BCUT2D eigenvalue weighted by atomic mass is 32.2. The van der Waals surface area contributed by atoms with Gasteiger partial charge >= 0.3 is 0 Å². The monoisotopic (exact) mass is 402 g/mol. The van der Waals surface area contributed by atoms with Gasteiger partial charge in [0.2, 0.25) is 5.12 Å². The highest BCUT2D eigenvalue weighted by molar-refractivity contribution is 8.14. The molecule has 0 aliphatic rings. The predicted octanol–water partition coefficient (Wildman–Crippen LogP) is 3.70. The second-order valence-electron chi connectivity index (χ2n) is 5.40. The van der Waals surface area contributed by atoms with E-state index in [2.05, 4.69) is 10.2 Å². The molecule has 0 unspecified atom stereocenters. The molecule has 0 radical (unpaired) electrons. The van der Waals surface area contributed by atoms with Gasteiger partial charge in [-0.25, -0.2) is 0 Å². The first-order valence-corrected chi connectivity index (χ1v) is 8.91. The number of thioether (sulfide) groups is 1. The van der Waals surface area contributed by atoms with Gasteiger partial charge in [0, 0.05) is 23.9 Å². The Morgan fingerprint density at radius 2 is 1.50 bits per heavy atom. The Bertz CT molecular complexity index is 988. The molecule has 0 aliphatic carbocycles. The molecule has 0 saturated heterocycles. The van der Waals surface area contributed by atoms with Gasteiger partial charge in [0.1, 0.15) is 23.0 Å². The molecular weight excluding hydrogens is 384 g/mol. The summed E-state index contributed by atoms with van der Waals surface area (Å²) in [5.74, 6) is 2.37. The van der Waals surface area contributed by atoms with Crippen molar-refractivity contribution in [3.8, 4) is 34.5 Å². The number of aromatic nitrogens is 2. The van der Waals surface area contributed by atoms with Gasteiger partial charge in [-0.1, -0.05) is 0 Å². The van der Waals surface area contributed by atoms with Crippen LogP contribution < -0.4 is 18.9 Å². The van der Waals surface area contributed by atoms with Crippen LogP contribution in [0.3, 0.4) is 0 Å². The summed E-state index contributed by atoms with van der Waals surface area (Å²) in [4.78, 5) is 12.6. The van der Waals surface area contributed by atoms with Crippen molar-refractivity contribution in [1.29, 1.82) is 0 Å². The minimum absolute atomic E-state index is 0.107. The van der Waals surface area contributed by atoms with E-state index in [-0.39, 0.29) is 16.2 Å². The molecule has 2 aromatic carbocycles. The average Bonchev–Trinajstić information content (AvgIpc) is 3.20. The van der Waals surface area contributed by atoms with E-state index in [0.717, 1.165) is 11.8 Å². The van der Waals surface area contributed by atoms with Gasteiger partial charge in [0.05, 0.1) is 39.6 Å². The third-order valence-electron chi connectivity index (χ3n) is 3.85. The van der Waals surface area contributed by atoms with E-state index in [1.165, 1.54) is 14.2 Å². The number of carbonyl (C=O) groups is 1. The molecule has 0 N–H and O–H groups in total. The second kappa shape index (κ2) is 8.66. The van der Waals surface area contributed by atoms with Gasteiger partial charge in [-0.3, -0.25) is 4.79 Å². The molecule has 8 nitrogen and oxygen atoms in total. The smallest absolute Gasteiger partial charge is 0.284 e. The van der Waals surface area contributed by atoms with Crippen molar-refractivity contribution in [2.24, 2.45) is 0 Å². The quantitative estimate of drug-likeness (QED) is 0.548. The van der Waals surface area contributed by atoms with Crippen LogP contribution in [0, 0.1) is 0 Å². The van der Waals surface area contributed by atoms with Crippen molar-refractivity contribution in [2.45, 2.75) is 5.22 Å². The van der Waals surface area contributed by atoms with Crippen molar-refractivity contribution in [1.82, 2.24) is 10.2 Å². The molecule has 0 amide bonds. The molecule has 1 heterocycles. The number of hydrogen-bond acceptors (Lipinski definition) is 9. The van der Waals surface area contributed by atoms with E-state index in [9.17, 15) is 4.79 Å². The summed E-state index contributed by atoms with van der Waals surface area (Å²) < 4.78 is 26.6. The van der Waals surface area contributed by atoms with Crippen molar-refractivity contribution < 1.29 is 28.2 Å². The van der Waals surface area contributed by atoms with E-state index in [4.69, 9.17) is 23.4 Å². The molecule has 3 rings (SSSR count). The summed E-state index contributed by atoms with van der Waals surface area (Å²) >= 11 is 0.811. The van der Waals surface area contributed by atoms with Crippen LogP contribution in [0.4, 0.5) is 0 Å². The maximum atomic E-state index is 12.6. The number of nitrogens with zero attached hydrogens (tertiary/aromatic N) is 2. The van der Waals surface area contributed by atoms with Crippen LogP contribution in [0.5, 0.6) is 23.0 Å². The molecule has 28 heavy (non-hydrogen) atoms. The van der Waals surface area contributed by atoms with Crippen molar-refractivity contribution in [2.75, 3.05) is 28.4 Å². The fraction of sp³-hybridized carbons (Fsp3) is 0.211. The summed E-state index contributed by atoms with van der Waals surface area (Å²) in [6.45, 7) is 0. The number of carbonyl (C=O) groups excluding carboxylic acids is 1. The number of rotatable bonds is 7. The van der Waals surface area contributed by atoms with Crippen LogP contribution in [0.15, 0.2) is 46.0 Å². The predicted molar refractivity (Wildman–Crippen MR) is 103 cm³/mol. The van der Waals surface area contributed by atoms with Gasteiger partial charge in [0.25, 0.3) is 11.1 Å². The molecule has 0 aliphatic heterocycles. The Hall–Kier alpha value is -3.20. The summed E-state index contributed by atoms with van der Waals surface area (Å²) in [6.07, 6.45) is 0. The second-order valence-corrected chi connectivity index (χ2v) is 6.32. The third-order valence-corrected chi connectivity index (χ3v) is 4.60. The van der Waals surface area contributed by atoms with Crippen LogP contribution >= 0.6 is 11.8 Å². The van der Waals surface area contributed by atoms with Crippen LogP contribution in [-0.4, -0.2) is 43.8 Å². The summed E-state index contributed by atoms with van der Waals surface area (Å²) in [5.41, 5.74) is 0.965. The number of methoxy groups -OCH3 is 4. The maximum Gasteiger partial charge on any atom is 0.284 e. The first-order valence-electron chi connectivity index (χ1n) is 8.09. The largest absolute Gasteiger partial charge is 0.497 e. The van der Waals surface area contributed by atoms with Crippen LogP contribution in [0.1, 0.15) is 10.4 Å². The van der Waals surface area contributed by atoms with Gasteiger partial charge < -0.3 is 23.4 Å². The average molecular weight is 402 g/mol. The SMILES string of the molecule is COc1ccc(C(=O)Sc2nnc(-c3ccc(OC)cc3OC)o2)c(OC)c1. The first kappa shape index (κ1) is 19.6. The molecule has 1 aromatic heterocycles. The molecule has 0 saturated carbocycles. The topological polar surface area (TPSA) is 92.9 Å². The van der Waals surface area contributed by atoms with Gasteiger partial charge in [-0.05, 0) is 24.3 Å². The standard InChI is InChI=1S/C19H18N2O6S/c1-23-11-5-7-13(15(9-11)25-3)17-20-21-19(27-17)28-18(22)14-8-6-12(24-2)10-16(14)26-4/h5-10H,1-4H3. The van der Waals surface area contributed by atoms with Crippen LogP contribution in [0.25, 0.3) is 11.5 Å². The van der Waals surface area contributed by atoms with Gasteiger partial charge in [-0.15, -0.1) is 10.2 Å². The lowest BCUT2D eigenvalue weighted by atomic mass is 10.2. The molecule has 3 aromatic rings. The highest BCUT2D eigenvalue weighted by Crippen LogP contribution is 2.35. The van der Waals surface area contributed by atoms with Crippen molar-refractivity contribution >= 4 is 16.9 Å². The Kier molecular flexibility index (Phi) is 6.05. The Labute approximate surface area is 165 Å². The Morgan fingerprint density at radius 3 is 2.14 bits per heavy atom.